The Hall–Kier alpha value is -3.34. The van der Waals surface area contributed by atoms with Crippen molar-refractivity contribution in [2.24, 2.45) is 5.41 Å². The van der Waals surface area contributed by atoms with Crippen LogP contribution in [0.3, 0.4) is 0 Å². The van der Waals surface area contributed by atoms with E-state index in [0.29, 0.717) is 24.6 Å². The lowest BCUT2D eigenvalue weighted by atomic mass is 9.83. The summed E-state index contributed by atoms with van der Waals surface area (Å²) in [5.74, 6) is -6.07. The molecule has 2 aliphatic carbocycles. The molecule has 18 heteroatoms. The standard InChI is InChI=1S/C26H23ClF7N3O6S/c1-24(10-36(11-24)21-7-18(27)17(9-35-21)25(29,30)31)12-42-20-8-19(28)16(6-15(20)13-2-3-13)22(38)37(43-23(39)26(32,33)34)44(40,41)14-4-5-14/h6-9,13-14H,2-5,10-12H2,1H3. The minimum Gasteiger partial charge on any atom is -0.492 e. The Labute approximate surface area is 250 Å². The van der Waals surface area contributed by atoms with Gasteiger partial charge >= 0.3 is 24.2 Å². The molecule has 1 aromatic heterocycles. The number of benzene rings is 1. The van der Waals surface area contributed by atoms with Crippen molar-refractivity contribution in [1.82, 2.24) is 9.45 Å². The Balaban J connectivity index is 1.32. The highest BCUT2D eigenvalue weighted by molar-refractivity contribution is 7.90. The summed E-state index contributed by atoms with van der Waals surface area (Å²) in [7, 11) is -4.87. The van der Waals surface area contributed by atoms with Crippen molar-refractivity contribution in [3.8, 4) is 5.75 Å². The Morgan fingerprint density at radius 2 is 1.73 bits per heavy atom. The summed E-state index contributed by atoms with van der Waals surface area (Å²) in [5.41, 5.74) is -2.26. The summed E-state index contributed by atoms with van der Waals surface area (Å²) in [6.07, 6.45) is -8.42. The fourth-order valence-electron chi connectivity index (χ4n) is 4.69. The number of carbonyl (C=O) groups excluding carboxylic acids is 2. The van der Waals surface area contributed by atoms with E-state index in [1.54, 1.807) is 11.8 Å². The Bertz CT molecular complexity index is 1600. The number of amides is 1. The predicted octanol–water partition coefficient (Wildman–Crippen LogP) is 5.63. The zero-order chi connectivity index (χ0) is 32.4. The Kier molecular flexibility index (Phi) is 7.96. The predicted molar refractivity (Wildman–Crippen MR) is 139 cm³/mol. The molecular weight excluding hydrogens is 651 g/mol. The molecule has 1 aromatic carbocycles. The van der Waals surface area contributed by atoms with Gasteiger partial charge in [-0.05, 0) is 49.3 Å². The largest absolute Gasteiger partial charge is 0.493 e. The van der Waals surface area contributed by atoms with Crippen molar-refractivity contribution < 1.29 is 58.3 Å². The molecule has 0 radical (unpaired) electrons. The highest BCUT2D eigenvalue weighted by Crippen LogP contribution is 2.46. The summed E-state index contributed by atoms with van der Waals surface area (Å²) in [6, 6.07) is 2.89. The molecule has 240 valence electrons. The molecule has 3 aliphatic rings. The van der Waals surface area contributed by atoms with E-state index in [1.165, 1.54) is 0 Å². The van der Waals surface area contributed by atoms with Crippen LogP contribution >= 0.6 is 11.6 Å². The van der Waals surface area contributed by atoms with Crippen LogP contribution in [0, 0.1) is 11.2 Å². The van der Waals surface area contributed by atoms with Crippen LogP contribution in [-0.4, -0.2) is 60.9 Å². The highest BCUT2D eigenvalue weighted by atomic mass is 35.5. The first-order chi connectivity index (χ1) is 20.3. The molecule has 0 spiro atoms. The maximum absolute atomic E-state index is 15.3. The van der Waals surface area contributed by atoms with Gasteiger partial charge in [0.2, 0.25) is 0 Å². The van der Waals surface area contributed by atoms with Gasteiger partial charge in [-0.25, -0.2) is 22.6 Å². The van der Waals surface area contributed by atoms with Gasteiger partial charge in [0, 0.05) is 30.8 Å². The van der Waals surface area contributed by atoms with Gasteiger partial charge in [-0.15, -0.1) is 0 Å². The molecular formula is C26H23ClF7N3O6S. The number of carbonyl (C=O) groups is 2. The van der Waals surface area contributed by atoms with Crippen LogP contribution < -0.4 is 9.64 Å². The maximum atomic E-state index is 15.3. The summed E-state index contributed by atoms with van der Waals surface area (Å²) in [5, 5.41) is -1.78. The van der Waals surface area contributed by atoms with Crippen LogP contribution in [0.2, 0.25) is 5.02 Å². The average Bonchev–Trinajstić information content (AvgIpc) is 3.79. The molecule has 44 heavy (non-hydrogen) atoms. The van der Waals surface area contributed by atoms with E-state index in [9.17, 15) is 44.3 Å². The molecule has 2 saturated carbocycles. The van der Waals surface area contributed by atoms with Gasteiger partial charge in [0.25, 0.3) is 10.0 Å². The van der Waals surface area contributed by atoms with Gasteiger partial charge in [0.05, 0.1) is 28.0 Å². The lowest BCUT2D eigenvalue weighted by molar-refractivity contribution is -0.217. The van der Waals surface area contributed by atoms with Crippen LogP contribution in [-0.2, 0) is 25.8 Å². The molecule has 5 rings (SSSR count). The van der Waals surface area contributed by atoms with Crippen LogP contribution in [0.4, 0.5) is 36.6 Å². The number of pyridine rings is 1. The van der Waals surface area contributed by atoms with E-state index in [-0.39, 0.29) is 50.0 Å². The van der Waals surface area contributed by atoms with Gasteiger partial charge in [0.15, 0.2) is 0 Å². The molecule has 2 heterocycles. The number of hydrogen-bond acceptors (Lipinski definition) is 8. The minimum atomic E-state index is -5.63. The number of alkyl halides is 6. The number of halogens is 8. The van der Waals surface area contributed by atoms with Crippen molar-refractivity contribution in [2.75, 3.05) is 24.6 Å². The van der Waals surface area contributed by atoms with E-state index in [1.807, 2.05) is 0 Å². The van der Waals surface area contributed by atoms with E-state index in [0.717, 1.165) is 18.2 Å². The number of anilines is 1. The molecule has 3 fully saturated rings. The number of hydrogen-bond donors (Lipinski definition) is 0. The van der Waals surface area contributed by atoms with Crippen molar-refractivity contribution in [3.05, 3.63) is 51.9 Å². The molecule has 1 aliphatic heterocycles. The third kappa shape index (κ3) is 6.53. The van der Waals surface area contributed by atoms with Crippen LogP contribution in [0.5, 0.6) is 5.75 Å². The fourth-order valence-corrected chi connectivity index (χ4v) is 6.45. The smallest absolute Gasteiger partial charge is 0.492 e. The van der Waals surface area contributed by atoms with Crippen LogP contribution in [0.15, 0.2) is 24.4 Å². The van der Waals surface area contributed by atoms with Crippen molar-refractivity contribution in [1.29, 1.82) is 0 Å². The van der Waals surface area contributed by atoms with Gasteiger partial charge in [-0.3, -0.25) is 4.79 Å². The van der Waals surface area contributed by atoms with Gasteiger partial charge in [-0.2, -0.15) is 26.3 Å². The first kappa shape index (κ1) is 32.1. The van der Waals surface area contributed by atoms with E-state index in [2.05, 4.69) is 9.82 Å². The molecule has 0 bridgehead atoms. The Morgan fingerprint density at radius 3 is 2.25 bits per heavy atom. The summed E-state index contributed by atoms with van der Waals surface area (Å²) in [4.78, 5) is 34.0. The van der Waals surface area contributed by atoms with Crippen LogP contribution in [0.25, 0.3) is 0 Å². The molecule has 0 N–H and O–H groups in total. The summed E-state index contributed by atoms with van der Waals surface area (Å²) < 4.78 is 123. The third-order valence-electron chi connectivity index (χ3n) is 7.28. The number of nitrogens with zero attached hydrogens (tertiary/aromatic N) is 3. The van der Waals surface area contributed by atoms with Gasteiger partial charge in [-0.1, -0.05) is 23.0 Å². The van der Waals surface area contributed by atoms with Crippen LogP contribution in [0.1, 0.15) is 60.0 Å². The molecule has 1 amide bonds. The number of ether oxygens (including phenoxy) is 1. The lowest BCUT2D eigenvalue weighted by Crippen LogP contribution is -2.58. The SMILES string of the molecule is CC1(COc2cc(F)c(C(=O)N(OC(=O)C(F)(F)F)S(=O)(=O)C3CC3)cc2C2CC2)CN(c2cc(Cl)c(C(F)(F)F)cn2)C1. The molecule has 0 atom stereocenters. The highest BCUT2D eigenvalue weighted by Gasteiger charge is 2.50. The zero-order valence-electron chi connectivity index (χ0n) is 22.6. The van der Waals surface area contributed by atoms with Gasteiger partial charge in [0.1, 0.15) is 17.4 Å². The van der Waals surface area contributed by atoms with E-state index >= 15 is 4.39 Å². The summed E-state index contributed by atoms with van der Waals surface area (Å²) in [6.45, 7) is 2.38. The molecule has 2 aromatic rings. The number of aromatic nitrogens is 1. The minimum absolute atomic E-state index is 0.00427. The number of rotatable bonds is 8. The zero-order valence-corrected chi connectivity index (χ0v) is 24.2. The summed E-state index contributed by atoms with van der Waals surface area (Å²) >= 11 is 5.78. The second kappa shape index (κ2) is 10.9. The lowest BCUT2D eigenvalue weighted by Gasteiger charge is -2.48. The second-order valence-electron chi connectivity index (χ2n) is 11.3. The number of hydroxylamine groups is 1. The monoisotopic (exact) mass is 673 g/mol. The number of sulfonamides is 1. The van der Waals surface area contributed by atoms with Crippen molar-refractivity contribution in [2.45, 2.75) is 56.1 Å². The maximum Gasteiger partial charge on any atom is 0.493 e. The third-order valence-corrected chi connectivity index (χ3v) is 9.61. The fraction of sp³-hybridized carbons (Fsp3) is 0.500. The molecule has 9 nitrogen and oxygen atoms in total. The topological polar surface area (TPSA) is 106 Å². The normalized spacial score (nSPS) is 18.4. The average molecular weight is 674 g/mol. The Morgan fingerprint density at radius 1 is 1.09 bits per heavy atom. The van der Waals surface area contributed by atoms with Crippen molar-refractivity contribution in [3.63, 3.8) is 0 Å². The first-order valence-corrected chi connectivity index (χ1v) is 15.0. The quantitative estimate of drug-likeness (QED) is 0.262. The second-order valence-corrected chi connectivity index (χ2v) is 13.7. The first-order valence-electron chi connectivity index (χ1n) is 13.1. The molecule has 0 unspecified atom stereocenters. The molecule has 1 saturated heterocycles. The van der Waals surface area contributed by atoms with E-state index < -0.39 is 71.4 Å². The van der Waals surface area contributed by atoms with Crippen molar-refractivity contribution >= 4 is 39.3 Å². The van der Waals surface area contributed by atoms with E-state index in [4.69, 9.17) is 16.3 Å². The van der Waals surface area contributed by atoms with Gasteiger partial charge < -0.3 is 14.5 Å².